The van der Waals surface area contributed by atoms with Crippen LogP contribution in [-0.2, 0) is 35.2 Å². The van der Waals surface area contributed by atoms with Gasteiger partial charge in [-0.2, -0.15) is 0 Å². The normalized spacial score (nSPS) is 12.8. The minimum atomic E-state index is -1.69. The third-order valence-electron chi connectivity index (χ3n) is 5.19. The molecular weight excluding hydrogens is 494 g/mol. The number of carbonyl (C=O) groups excluding carboxylic acids is 4. The van der Waals surface area contributed by atoms with E-state index < -0.39 is 47.8 Å². The first-order valence-electron chi connectivity index (χ1n) is 11.7. The molecule has 0 saturated carbocycles. The van der Waals surface area contributed by atoms with E-state index in [0.29, 0.717) is 11.1 Å². The number of Topliss-reactive ketones (excluding diaryl/α,β-unsaturated/α-hetero) is 1. The number of ether oxygens (including phenoxy) is 3. The molecule has 0 radical (unpaired) electrons. The van der Waals surface area contributed by atoms with Crippen molar-refractivity contribution in [1.29, 1.82) is 0 Å². The first-order valence-corrected chi connectivity index (χ1v) is 11.7. The minimum absolute atomic E-state index is 0.0425. The monoisotopic (exact) mass is 523 g/mol. The van der Waals surface area contributed by atoms with Gasteiger partial charge >= 0.3 is 17.9 Å². The second-order valence-corrected chi connectivity index (χ2v) is 9.31. The molecule has 3 aromatic rings. The maximum atomic E-state index is 13.5. The largest absolute Gasteiger partial charge is 0.465 e. The van der Waals surface area contributed by atoms with Crippen LogP contribution < -0.4 is 5.73 Å². The van der Waals surface area contributed by atoms with E-state index >= 15 is 0 Å². The molecule has 12 heteroatoms. The fraction of sp³-hybridized carbons (Fsp3) is 0.346. The van der Waals surface area contributed by atoms with Gasteiger partial charge in [0.2, 0.25) is 6.04 Å². The molecule has 0 amide bonds. The van der Waals surface area contributed by atoms with Gasteiger partial charge in [0.05, 0.1) is 25.1 Å². The number of hydrogen-bond acceptors (Lipinski definition) is 11. The van der Waals surface area contributed by atoms with Crippen LogP contribution in [-0.4, -0.2) is 62.7 Å². The molecular formula is C26H29N5O7. The predicted octanol–water partition coefficient (Wildman–Crippen LogP) is 2.04. The number of nitrogens with zero attached hydrogens (tertiary/aromatic N) is 4. The molecule has 38 heavy (non-hydrogen) atoms. The first-order chi connectivity index (χ1) is 18.0. The molecule has 12 nitrogen and oxygen atoms in total. The Morgan fingerprint density at radius 3 is 2.26 bits per heavy atom. The minimum Gasteiger partial charge on any atom is -0.465 e. The molecule has 0 saturated heterocycles. The van der Waals surface area contributed by atoms with Crippen molar-refractivity contribution < 1.29 is 33.4 Å². The van der Waals surface area contributed by atoms with Crippen LogP contribution >= 0.6 is 0 Å². The summed E-state index contributed by atoms with van der Waals surface area (Å²) in [5.74, 6) is -3.00. The number of tetrazole rings is 1. The quantitative estimate of drug-likeness (QED) is 0.235. The maximum absolute atomic E-state index is 13.5. The van der Waals surface area contributed by atoms with E-state index in [4.69, 9.17) is 19.9 Å². The van der Waals surface area contributed by atoms with Gasteiger partial charge in [0, 0.05) is 5.56 Å². The molecule has 0 spiro atoms. The van der Waals surface area contributed by atoms with Crippen LogP contribution in [0.1, 0.15) is 49.2 Å². The van der Waals surface area contributed by atoms with Crippen LogP contribution in [0.15, 0.2) is 54.6 Å². The van der Waals surface area contributed by atoms with Gasteiger partial charge in [-0.25, -0.2) is 14.3 Å². The van der Waals surface area contributed by atoms with E-state index in [1.807, 2.05) is 6.07 Å². The number of hydrogen-bond donors (Lipinski definition) is 1. The highest BCUT2D eigenvalue weighted by Gasteiger charge is 2.38. The second kappa shape index (κ2) is 12.2. The molecule has 2 unspecified atom stereocenters. The zero-order valence-corrected chi connectivity index (χ0v) is 21.5. The average Bonchev–Trinajstić information content (AvgIpc) is 3.35. The van der Waals surface area contributed by atoms with E-state index in [1.54, 1.807) is 45.0 Å². The Morgan fingerprint density at radius 2 is 1.66 bits per heavy atom. The third kappa shape index (κ3) is 7.29. The molecule has 2 N–H and O–H groups in total. The van der Waals surface area contributed by atoms with Crippen molar-refractivity contribution in [2.24, 2.45) is 5.73 Å². The number of benzene rings is 2. The molecule has 0 bridgehead atoms. The van der Waals surface area contributed by atoms with Crippen LogP contribution in [0.25, 0.3) is 11.4 Å². The molecule has 1 heterocycles. The molecule has 0 aliphatic rings. The fourth-order valence-electron chi connectivity index (χ4n) is 3.44. The second-order valence-electron chi connectivity index (χ2n) is 9.31. The van der Waals surface area contributed by atoms with Crippen LogP contribution in [0.2, 0.25) is 0 Å². The van der Waals surface area contributed by atoms with Gasteiger partial charge in [0.1, 0.15) is 12.2 Å². The summed E-state index contributed by atoms with van der Waals surface area (Å²) in [5.41, 5.74) is 6.65. The summed E-state index contributed by atoms with van der Waals surface area (Å²) in [7, 11) is 1.26. The highest BCUT2D eigenvalue weighted by Crippen LogP contribution is 2.23. The number of methoxy groups -OCH3 is 1. The molecule has 0 aliphatic carbocycles. The summed E-state index contributed by atoms with van der Waals surface area (Å²) < 4.78 is 16.4. The van der Waals surface area contributed by atoms with Crippen LogP contribution in [0.3, 0.4) is 0 Å². The lowest BCUT2D eigenvalue weighted by Crippen LogP contribution is -2.43. The maximum Gasteiger partial charge on any atom is 0.339 e. The van der Waals surface area contributed by atoms with Crippen LogP contribution in [0.5, 0.6) is 0 Å². The number of rotatable bonds is 10. The van der Waals surface area contributed by atoms with E-state index in [-0.39, 0.29) is 18.0 Å². The molecule has 1 aromatic heterocycles. The van der Waals surface area contributed by atoms with Crippen molar-refractivity contribution in [3.8, 4) is 11.4 Å². The van der Waals surface area contributed by atoms with Gasteiger partial charge in [-0.05, 0) is 48.9 Å². The summed E-state index contributed by atoms with van der Waals surface area (Å²) >= 11 is 0. The van der Waals surface area contributed by atoms with Gasteiger partial charge in [0.15, 0.2) is 11.6 Å². The van der Waals surface area contributed by atoms with Crippen molar-refractivity contribution in [1.82, 2.24) is 20.2 Å². The fourth-order valence-corrected chi connectivity index (χ4v) is 3.44. The Labute approximate surface area is 219 Å². The molecule has 0 aliphatic heterocycles. The van der Waals surface area contributed by atoms with Gasteiger partial charge in [0.25, 0.3) is 0 Å². The Morgan fingerprint density at radius 1 is 1.00 bits per heavy atom. The Bertz CT molecular complexity index is 1280. The van der Waals surface area contributed by atoms with Gasteiger partial charge in [-0.3, -0.25) is 9.59 Å². The predicted molar refractivity (Wildman–Crippen MR) is 133 cm³/mol. The van der Waals surface area contributed by atoms with Crippen molar-refractivity contribution in [2.45, 2.75) is 51.5 Å². The van der Waals surface area contributed by atoms with Gasteiger partial charge in [-0.1, -0.05) is 42.5 Å². The van der Waals surface area contributed by atoms with Gasteiger partial charge < -0.3 is 19.9 Å². The van der Waals surface area contributed by atoms with E-state index in [2.05, 4.69) is 15.5 Å². The van der Waals surface area contributed by atoms with Crippen molar-refractivity contribution in [2.75, 3.05) is 7.11 Å². The topological polar surface area (TPSA) is 166 Å². The Balaban J connectivity index is 1.92. The molecule has 2 atom stereocenters. The zero-order chi connectivity index (χ0) is 27.9. The molecule has 2 aromatic carbocycles. The van der Waals surface area contributed by atoms with Crippen molar-refractivity contribution >= 4 is 23.7 Å². The van der Waals surface area contributed by atoms with E-state index in [1.165, 1.54) is 31.4 Å². The standard InChI is InChI=1S/C26H29N5O7/c1-26(2,3)38-20(32)14-19(27)22(33)21(25(35)37-15-16-8-6-5-7-9-16)31-23(28-29-30-31)17-10-12-18(13-11-17)24(34)36-4/h5-13,19,21H,14-15,27H2,1-4H3. The summed E-state index contributed by atoms with van der Waals surface area (Å²) in [4.78, 5) is 50.8. The number of carbonyl (C=O) groups is 4. The van der Waals surface area contributed by atoms with E-state index in [0.717, 1.165) is 4.68 Å². The van der Waals surface area contributed by atoms with E-state index in [9.17, 15) is 19.2 Å². The summed E-state index contributed by atoms with van der Waals surface area (Å²) in [6.45, 7) is 4.93. The molecule has 3 rings (SSSR count). The summed E-state index contributed by atoms with van der Waals surface area (Å²) in [6, 6.07) is 11.8. The number of nitrogens with two attached hydrogens (primary N) is 1. The molecule has 200 valence electrons. The van der Waals surface area contributed by atoms with Crippen molar-refractivity contribution in [3.63, 3.8) is 0 Å². The Hall–Kier alpha value is -4.45. The Kier molecular flexibility index (Phi) is 9.02. The number of ketones is 1. The average molecular weight is 524 g/mol. The number of esters is 3. The lowest BCUT2D eigenvalue weighted by atomic mass is 10.0. The summed E-state index contributed by atoms with van der Waals surface area (Å²) in [5, 5.41) is 11.4. The van der Waals surface area contributed by atoms with Crippen LogP contribution in [0, 0.1) is 0 Å². The SMILES string of the molecule is COC(=O)c1ccc(-c2nnnn2C(C(=O)OCc2ccccc2)C(=O)C(N)CC(=O)OC(C)(C)C)cc1. The van der Waals surface area contributed by atoms with Crippen LogP contribution in [0.4, 0.5) is 0 Å². The lowest BCUT2D eigenvalue weighted by molar-refractivity contribution is -0.158. The smallest absolute Gasteiger partial charge is 0.339 e. The molecule has 0 fully saturated rings. The lowest BCUT2D eigenvalue weighted by Gasteiger charge is -2.22. The highest BCUT2D eigenvalue weighted by atomic mass is 16.6. The van der Waals surface area contributed by atoms with Gasteiger partial charge in [-0.15, -0.1) is 5.10 Å². The summed E-state index contributed by atoms with van der Waals surface area (Å²) in [6.07, 6.45) is -0.468. The first kappa shape index (κ1) is 28.1. The third-order valence-corrected chi connectivity index (χ3v) is 5.19. The number of aromatic nitrogens is 4. The zero-order valence-electron chi connectivity index (χ0n) is 21.5. The highest BCUT2D eigenvalue weighted by molar-refractivity contribution is 6.05. The van der Waals surface area contributed by atoms with Crippen molar-refractivity contribution in [3.05, 3.63) is 65.7 Å².